The Morgan fingerprint density at radius 1 is 1.25 bits per heavy atom. The predicted octanol–water partition coefficient (Wildman–Crippen LogP) is -2.37. The fraction of sp³-hybridized carbons (Fsp3) is 0. The molecule has 0 amide bonds. The van der Waals surface area contributed by atoms with Crippen LogP contribution in [-0.2, 0) is 30.7 Å². The second-order valence-electron chi connectivity index (χ2n) is 0.354. The van der Waals surface area contributed by atoms with Crippen LogP contribution in [0.3, 0.4) is 0 Å². The molecule has 0 spiro atoms. The zero-order valence-corrected chi connectivity index (χ0v) is 8.92. The molecule has 0 heterocycles. The maximum absolute atomic E-state index is 1.53. The molecule has 0 nitrogen and oxygen atoms in total. The zero-order chi connectivity index (χ0) is 2.71. The molecule has 0 rings (SSSR count). The van der Waals surface area contributed by atoms with Crippen LogP contribution in [-0.4, -0.2) is 17.7 Å². The SMILES string of the molecule is [Fe].[SiH3][Fe][SiH3]. The second kappa shape index (κ2) is 8.82. The van der Waals surface area contributed by atoms with Crippen molar-refractivity contribution in [2.45, 2.75) is 0 Å². The molecule has 4 heteroatoms. The van der Waals surface area contributed by atoms with Crippen molar-refractivity contribution in [3.05, 3.63) is 0 Å². The summed E-state index contributed by atoms with van der Waals surface area (Å²) in [6, 6.07) is 0. The molecule has 0 saturated heterocycles. The quantitative estimate of drug-likeness (QED) is 0.360. The summed E-state index contributed by atoms with van der Waals surface area (Å²) in [5.41, 5.74) is 0. The monoisotopic (exact) mass is 174 g/mol. The third-order valence-electron chi connectivity index (χ3n) is 0. The van der Waals surface area contributed by atoms with Crippen LogP contribution in [0.2, 0.25) is 0 Å². The molecule has 0 unspecified atom stereocenters. The average Bonchev–Trinajstić information content (AvgIpc) is 0.918. The van der Waals surface area contributed by atoms with Crippen LogP contribution in [0.25, 0.3) is 0 Å². The second-order valence-corrected chi connectivity index (χ2v) is 13.1. The van der Waals surface area contributed by atoms with Gasteiger partial charge in [-0.25, -0.2) is 0 Å². The van der Waals surface area contributed by atoms with Crippen molar-refractivity contribution in [2.24, 2.45) is 0 Å². The molecule has 0 aromatic heterocycles. The molecule has 0 fully saturated rings. The normalized spacial score (nSPS) is 7.00. The molecule has 0 aromatic carbocycles. The van der Waals surface area contributed by atoms with Gasteiger partial charge < -0.3 is 0 Å². The molecule has 0 aromatic rings. The topological polar surface area (TPSA) is 0 Å². The number of hydrogen-bond acceptors (Lipinski definition) is 0. The van der Waals surface area contributed by atoms with Gasteiger partial charge in [0.1, 0.15) is 0 Å². The first-order valence-electron chi connectivity index (χ1n) is 0.707. The predicted molar refractivity (Wildman–Crippen MR) is 19.9 cm³/mol. The molecule has 0 atom stereocenters. The van der Waals surface area contributed by atoms with E-state index in [-0.39, 0.29) is 17.1 Å². The van der Waals surface area contributed by atoms with Gasteiger partial charge in [-0.2, -0.15) is 0 Å². The van der Waals surface area contributed by atoms with Crippen LogP contribution in [0, 0.1) is 0 Å². The molecule has 0 saturated carbocycles. The number of rotatable bonds is 0. The Morgan fingerprint density at radius 2 is 1.25 bits per heavy atom. The van der Waals surface area contributed by atoms with Crippen LogP contribution in [0.1, 0.15) is 0 Å². The van der Waals surface area contributed by atoms with Crippen molar-refractivity contribution in [2.75, 3.05) is 0 Å². The maximum atomic E-state index is 1.53. The average molecular weight is 174 g/mol. The van der Waals surface area contributed by atoms with Gasteiger partial charge in [0.05, 0.1) is 0 Å². The van der Waals surface area contributed by atoms with Gasteiger partial charge in [-0.1, -0.05) is 0 Å². The van der Waals surface area contributed by atoms with Crippen LogP contribution < -0.4 is 0 Å². The van der Waals surface area contributed by atoms with Crippen LogP contribution in [0.5, 0.6) is 0 Å². The Morgan fingerprint density at radius 3 is 1.25 bits per heavy atom. The van der Waals surface area contributed by atoms with E-state index in [4.69, 9.17) is 0 Å². The molecule has 0 bridgehead atoms. The Bertz CT molecular complexity index is 4.00. The Hall–Kier alpha value is 1.47. The summed E-state index contributed by atoms with van der Waals surface area (Å²) >= 11 is 1.53. The summed E-state index contributed by atoms with van der Waals surface area (Å²) in [7, 11) is 2.86. The summed E-state index contributed by atoms with van der Waals surface area (Å²) in [5.74, 6) is 0. The molecule has 0 aliphatic heterocycles. The summed E-state index contributed by atoms with van der Waals surface area (Å²) in [4.78, 5) is 0. The van der Waals surface area contributed by atoms with Crippen molar-refractivity contribution in [1.29, 1.82) is 0 Å². The minimum atomic E-state index is 0. The molecule has 0 N–H and O–H groups in total. The summed E-state index contributed by atoms with van der Waals surface area (Å²) < 4.78 is 0. The van der Waals surface area contributed by atoms with E-state index in [2.05, 4.69) is 0 Å². The molecule has 0 aliphatic carbocycles. The first-order chi connectivity index (χ1) is 1.41. The van der Waals surface area contributed by atoms with E-state index in [1.165, 1.54) is 31.4 Å². The first-order valence-corrected chi connectivity index (χ1v) is 8.75. The van der Waals surface area contributed by atoms with Gasteiger partial charge >= 0.3 is 31.4 Å². The van der Waals surface area contributed by atoms with Gasteiger partial charge in [-0.3, -0.25) is 0 Å². The summed E-state index contributed by atoms with van der Waals surface area (Å²) in [5, 5.41) is 0. The summed E-state index contributed by atoms with van der Waals surface area (Å²) in [6.07, 6.45) is 0. The van der Waals surface area contributed by atoms with Gasteiger partial charge in [0.15, 0.2) is 0 Å². The van der Waals surface area contributed by atoms with E-state index in [0.29, 0.717) is 0 Å². The van der Waals surface area contributed by atoms with Gasteiger partial charge in [0.2, 0.25) is 0 Å². The first kappa shape index (κ1) is 9.08. The molecule has 30 valence electrons. The third-order valence-corrected chi connectivity index (χ3v) is 0. The standard InChI is InChI=1S/2Fe.2H3Si/h;;2*1H3. The third kappa shape index (κ3) is 9.79. The minimum absolute atomic E-state index is 0. The van der Waals surface area contributed by atoms with Crippen LogP contribution >= 0.6 is 0 Å². The van der Waals surface area contributed by atoms with E-state index in [1.807, 2.05) is 0 Å². The molecule has 0 radical (unpaired) electrons. The van der Waals surface area contributed by atoms with Crippen LogP contribution in [0.4, 0.5) is 0 Å². The van der Waals surface area contributed by atoms with Gasteiger partial charge in [0.25, 0.3) is 0 Å². The molecule has 0 aliphatic rings. The molecule has 4 heavy (non-hydrogen) atoms. The van der Waals surface area contributed by atoms with Crippen LogP contribution in [0.15, 0.2) is 0 Å². The van der Waals surface area contributed by atoms with E-state index >= 15 is 0 Å². The van der Waals surface area contributed by atoms with E-state index < -0.39 is 0 Å². The van der Waals surface area contributed by atoms with Crippen molar-refractivity contribution in [1.82, 2.24) is 0 Å². The van der Waals surface area contributed by atoms with Crippen molar-refractivity contribution in [3.63, 3.8) is 0 Å². The zero-order valence-electron chi connectivity index (χ0n) is 2.71. The van der Waals surface area contributed by atoms with Gasteiger partial charge in [-0.05, 0) is 0 Å². The van der Waals surface area contributed by atoms with E-state index in [9.17, 15) is 0 Å². The van der Waals surface area contributed by atoms with E-state index in [1.54, 1.807) is 0 Å². The van der Waals surface area contributed by atoms with Crippen molar-refractivity contribution in [3.8, 4) is 0 Å². The van der Waals surface area contributed by atoms with Crippen molar-refractivity contribution >= 4 is 17.7 Å². The van der Waals surface area contributed by atoms with Crippen molar-refractivity contribution < 1.29 is 30.7 Å². The fourth-order valence-corrected chi connectivity index (χ4v) is 0. The van der Waals surface area contributed by atoms with E-state index in [0.717, 1.165) is 0 Å². The number of hydrogen-bond donors (Lipinski definition) is 0. The molecular weight excluding hydrogens is 168 g/mol. The fourth-order valence-electron chi connectivity index (χ4n) is 0. The van der Waals surface area contributed by atoms with Gasteiger partial charge in [-0.15, -0.1) is 0 Å². The Balaban J connectivity index is 0. The summed E-state index contributed by atoms with van der Waals surface area (Å²) in [6.45, 7) is 0. The molecular formula is H6Fe2Si2. The van der Waals surface area contributed by atoms with Gasteiger partial charge in [0, 0.05) is 17.1 Å². The Labute approximate surface area is 48.5 Å². The Kier molecular flexibility index (Phi) is 20.0.